The Morgan fingerprint density at radius 3 is 2.76 bits per heavy atom. The van der Waals surface area contributed by atoms with Crippen LogP contribution in [0, 0.1) is 11.3 Å². The van der Waals surface area contributed by atoms with E-state index < -0.39 is 16.0 Å². The molecule has 6 rings (SSSR count). The zero-order valence-corrected chi connectivity index (χ0v) is 23.1. The fourth-order valence-corrected chi connectivity index (χ4v) is 7.15. The fraction of sp³-hybridized carbons (Fsp3) is 0.179. The van der Waals surface area contributed by atoms with Crippen LogP contribution in [0.25, 0.3) is 27.6 Å². The highest BCUT2D eigenvalue weighted by Gasteiger charge is 2.31. The molecule has 0 bridgehead atoms. The third kappa shape index (κ3) is 5.16. The summed E-state index contributed by atoms with van der Waals surface area (Å²) in [6.45, 7) is 0.573. The van der Waals surface area contributed by atoms with Gasteiger partial charge in [0.05, 0.1) is 33.5 Å². The molecular weight excluding hydrogens is 562 g/mol. The zero-order chi connectivity index (χ0) is 28.6. The molecule has 2 N–H and O–H groups in total. The minimum Gasteiger partial charge on any atom is -0.478 e. The summed E-state index contributed by atoms with van der Waals surface area (Å²) >= 11 is 1.49. The standard InChI is InChI=1S/C28H23N7O4S2/c29-16-18-3-1-4-20(15-18)24-25(35-13-14-40-28(35)33-24)23-10-11-30-27(32-23)31-21-5-2-12-34(17-21)41(38,39)22-8-6-19(7-9-22)26(36)37/h1,3-4,6-11,13-15,21H,2,5,12,17H2,(H,36,37)(H,30,31,32)/t21-/m1/s1. The summed E-state index contributed by atoms with van der Waals surface area (Å²) in [5.41, 5.74) is 3.45. The summed E-state index contributed by atoms with van der Waals surface area (Å²) in [5.74, 6) is -0.753. The third-order valence-electron chi connectivity index (χ3n) is 6.88. The van der Waals surface area contributed by atoms with E-state index in [0.29, 0.717) is 35.9 Å². The molecule has 0 spiro atoms. The second-order valence-electron chi connectivity index (χ2n) is 9.50. The van der Waals surface area contributed by atoms with E-state index in [4.69, 9.17) is 15.1 Å². The van der Waals surface area contributed by atoms with Crippen molar-refractivity contribution in [2.75, 3.05) is 18.4 Å². The van der Waals surface area contributed by atoms with E-state index in [-0.39, 0.29) is 23.0 Å². The highest BCUT2D eigenvalue weighted by molar-refractivity contribution is 7.89. The number of carboxylic acid groups (broad SMARTS) is 1. The fourth-order valence-electron chi connectivity index (χ4n) is 4.91. The van der Waals surface area contributed by atoms with Crippen LogP contribution in [-0.2, 0) is 10.0 Å². The predicted octanol–water partition coefficient (Wildman–Crippen LogP) is 4.35. The Balaban J connectivity index is 1.26. The van der Waals surface area contributed by atoms with Gasteiger partial charge in [0.2, 0.25) is 16.0 Å². The number of anilines is 1. The third-order valence-corrected chi connectivity index (χ3v) is 9.52. The molecule has 0 aliphatic carbocycles. The van der Waals surface area contributed by atoms with Crippen molar-refractivity contribution in [3.63, 3.8) is 0 Å². The molecule has 0 amide bonds. The Kier molecular flexibility index (Phi) is 6.96. The number of carbonyl (C=O) groups is 1. The average Bonchev–Trinajstić information content (AvgIpc) is 3.59. The van der Waals surface area contributed by atoms with E-state index >= 15 is 0 Å². The van der Waals surface area contributed by atoms with Crippen molar-refractivity contribution in [1.82, 2.24) is 23.7 Å². The number of aromatic nitrogens is 4. The smallest absolute Gasteiger partial charge is 0.335 e. The highest BCUT2D eigenvalue weighted by Crippen LogP contribution is 2.34. The molecule has 4 heterocycles. The van der Waals surface area contributed by atoms with Crippen LogP contribution in [0.15, 0.2) is 77.3 Å². The molecule has 1 atom stereocenters. The van der Waals surface area contributed by atoms with E-state index in [9.17, 15) is 18.5 Å². The number of hydrogen-bond donors (Lipinski definition) is 2. The normalized spacial score (nSPS) is 15.9. The van der Waals surface area contributed by atoms with Crippen molar-refractivity contribution < 1.29 is 18.3 Å². The van der Waals surface area contributed by atoms with Crippen LogP contribution in [-0.4, -0.2) is 62.3 Å². The number of imidazole rings is 1. The van der Waals surface area contributed by atoms with E-state index in [1.165, 1.54) is 39.9 Å². The Morgan fingerprint density at radius 1 is 1.15 bits per heavy atom. The number of hydrogen-bond acceptors (Lipinski definition) is 9. The van der Waals surface area contributed by atoms with Gasteiger partial charge in [-0.2, -0.15) is 9.57 Å². The molecule has 0 unspecified atom stereocenters. The van der Waals surface area contributed by atoms with Gasteiger partial charge in [0, 0.05) is 42.5 Å². The molecule has 41 heavy (non-hydrogen) atoms. The zero-order valence-electron chi connectivity index (χ0n) is 21.5. The predicted molar refractivity (Wildman–Crippen MR) is 153 cm³/mol. The number of piperidine rings is 1. The molecule has 3 aromatic heterocycles. The van der Waals surface area contributed by atoms with Crippen LogP contribution in [0.2, 0.25) is 0 Å². The van der Waals surface area contributed by atoms with Crippen LogP contribution in [0.3, 0.4) is 0 Å². The van der Waals surface area contributed by atoms with Gasteiger partial charge in [-0.25, -0.2) is 28.2 Å². The van der Waals surface area contributed by atoms with Crippen LogP contribution in [0.5, 0.6) is 0 Å². The van der Waals surface area contributed by atoms with Gasteiger partial charge in [-0.1, -0.05) is 12.1 Å². The molecule has 0 radical (unpaired) electrons. The largest absolute Gasteiger partial charge is 0.478 e. The van der Waals surface area contributed by atoms with Crippen LogP contribution in [0.1, 0.15) is 28.8 Å². The second kappa shape index (κ2) is 10.7. The lowest BCUT2D eigenvalue weighted by Gasteiger charge is -2.32. The molecule has 1 aliphatic heterocycles. The van der Waals surface area contributed by atoms with Crippen molar-refractivity contribution in [1.29, 1.82) is 5.26 Å². The number of thiazole rings is 1. The SMILES string of the molecule is N#Cc1cccc(-c2nc3sccn3c2-c2ccnc(N[C@@H]3CCCN(S(=O)(=O)c4ccc(C(=O)O)cc4)C3)n2)c1. The summed E-state index contributed by atoms with van der Waals surface area (Å²) in [5, 5.41) is 23.8. The van der Waals surface area contributed by atoms with Crippen molar-refractivity contribution in [3.05, 3.63) is 83.5 Å². The van der Waals surface area contributed by atoms with Gasteiger partial charge in [-0.3, -0.25) is 4.40 Å². The van der Waals surface area contributed by atoms with Gasteiger partial charge in [-0.15, -0.1) is 11.3 Å². The molecular formula is C28H23N7O4S2. The van der Waals surface area contributed by atoms with E-state index in [2.05, 4.69) is 16.4 Å². The number of carboxylic acids is 1. The molecule has 1 fully saturated rings. The summed E-state index contributed by atoms with van der Waals surface area (Å²) < 4.78 is 29.9. The molecule has 5 aromatic rings. The van der Waals surface area contributed by atoms with Crippen molar-refractivity contribution >= 4 is 38.2 Å². The van der Waals surface area contributed by atoms with Crippen LogP contribution in [0.4, 0.5) is 5.95 Å². The summed E-state index contributed by atoms with van der Waals surface area (Å²) in [6.07, 6.45) is 4.93. The maximum atomic E-state index is 13.3. The lowest BCUT2D eigenvalue weighted by molar-refractivity contribution is 0.0696. The number of rotatable bonds is 7. The van der Waals surface area contributed by atoms with Gasteiger partial charge >= 0.3 is 5.97 Å². The maximum Gasteiger partial charge on any atom is 0.335 e. The van der Waals surface area contributed by atoms with Crippen molar-refractivity contribution in [2.45, 2.75) is 23.8 Å². The van der Waals surface area contributed by atoms with E-state index in [1.54, 1.807) is 24.4 Å². The topological polar surface area (TPSA) is 154 Å². The van der Waals surface area contributed by atoms with Crippen molar-refractivity contribution in [2.24, 2.45) is 0 Å². The Bertz CT molecular complexity index is 1910. The molecule has 1 aliphatic rings. The molecule has 0 saturated carbocycles. The van der Waals surface area contributed by atoms with Gasteiger partial charge < -0.3 is 10.4 Å². The van der Waals surface area contributed by atoms with Crippen LogP contribution >= 0.6 is 11.3 Å². The number of nitriles is 1. The maximum absolute atomic E-state index is 13.3. The first-order valence-electron chi connectivity index (χ1n) is 12.7. The minimum atomic E-state index is -3.81. The van der Waals surface area contributed by atoms with Gasteiger partial charge in [0.1, 0.15) is 5.69 Å². The first-order chi connectivity index (χ1) is 19.8. The molecule has 206 valence electrons. The summed E-state index contributed by atoms with van der Waals surface area (Å²) in [7, 11) is -3.81. The van der Waals surface area contributed by atoms with Gasteiger partial charge in [-0.05, 0) is 55.3 Å². The van der Waals surface area contributed by atoms with Crippen molar-refractivity contribution in [3.8, 4) is 28.7 Å². The number of nitrogens with one attached hydrogen (secondary N) is 1. The number of aromatic carboxylic acids is 1. The lowest BCUT2D eigenvalue weighted by Crippen LogP contribution is -2.45. The molecule has 11 nitrogen and oxygen atoms in total. The highest BCUT2D eigenvalue weighted by atomic mass is 32.2. The number of sulfonamides is 1. The molecule has 2 aromatic carbocycles. The summed E-state index contributed by atoms with van der Waals surface area (Å²) in [6, 6.07) is 16.2. The Labute approximate surface area is 239 Å². The Hall–Kier alpha value is -4.64. The molecule has 1 saturated heterocycles. The summed E-state index contributed by atoms with van der Waals surface area (Å²) in [4.78, 5) is 26.0. The number of fused-ring (bicyclic) bond motifs is 1. The first kappa shape index (κ1) is 26.6. The average molecular weight is 586 g/mol. The van der Waals surface area contributed by atoms with E-state index in [0.717, 1.165) is 22.6 Å². The number of benzene rings is 2. The minimum absolute atomic E-state index is 0.0259. The molecule has 13 heteroatoms. The van der Waals surface area contributed by atoms with Gasteiger partial charge in [0.15, 0.2) is 4.96 Å². The Morgan fingerprint density at radius 2 is 1.98 bits per heavy atom. The monoisotopic (exact) mass is 585 g/mol. The van der Waals surface area contributed by atoms with E-state index in [1.807, 2.05) is 28.1 Å². The first-order valence-corrected chi connectivity index (χ1v) is 15.0. The van der Waals surface area contributed by atoms with Gasteiger partial charge in [0.25, 0.3) is 0 Å². The lowest BCUT2D eigenvalue weighted by atomic mass is 10.1. The van der Waals surface area contributed by atoms with Crippen LogP contribution < -0.4 is 5.32 Å². The quantitative estimate of drug-likeness (QED) is 0.284. The number of nitrogens with zero attached hydrogens (tertiary/aromatic N) is 6. The second-order valence-corrected chi connectivity index (χ2v) is 12.3.